The summed E-state index contributed by atoms with van der Waals surface area (Å²) in [6, 6.07) is 18.1. The fourth-order valence-electron chi connectivity index (χ4n) is 2.87. The van der Waals surface area contributed by atoms with Crippen LogP contribution in [0.1, 0.15) is 17.2 Å². The Morgan fingerprint density at radius 2 is 1.72 bits per heavy atom. The number of hydrogen-bond acceptors (Lipinski definition) is 3. The predicted octanol–water partition coefficient (Wildman–Crippen LogP) is 3.81. The van der Waals surface area contributed by atoms with Gasteiger partial charge >= 0.3 is 0 Å². The molecule has 0 aliphatic carbocycles. The molecule has 0 bridgehead atoms. The quantitative estimate of drug-likeness (QED) is 0.712. The molecule has 0 radical (unpaired) electrons. The molecule has 0 saturated heterocycles. The van der Waals surface area contributed by atoms with E-state index in [9.17, 15) is 13.5 Å². The lowest BCUT2D eigenvalue weighted by Gasteiger charge is -2.16. The van der Waals surface area contributed by atoms with Crippen molar-refractivity contribution in [1.29, 1.82) is 0 Å². The van der Waals surface area contributed by atoms with Gasteiger partial charge in [0.2, 0.25) is 10.0 Å². The van der Waals surface area contributed by atoms with Crippen LogP contribution in [0.2, 0.25) is 5.02 Å². The highest BCUT2D eigenvalue weighted by atomic mass is 35.5. The molecule has 4 nitrogen and oxygen atoms in total. The van der Waals surface area contributed by atoms with Crippen LogP contribution >= 0.6 is 11.6 Å². The molecule has 0 aromatic heterocycles. The zero-order valence-electron chi connectivity index (χ0n) is 13.6. The van der Waals surface area contributed by atoms with E-state index in [1.807, 2.05) is 36.4 Å². The molecule has 3 rings (SSSR count). The Balaban J connectivity index is 1.85. The lowest BCUT2D eigenvalue weighted by molar-refractivity contribution is 0.183. The van der Waals surface area contributed by atoms with Crippen LogP contribution in [-0.2, 0) is 10.0 Å². The van der Waals surface area contributed by atoms with Crippen molar-refractivity contribution in [1.82, 2.24) is 4.72 Å². The van der Waals surface area contributed by atoms with Crippen molar-refractivity contribution in [3.8, 4) is 0 Å². The standard InChI is InChI=1S/C19H18ClNO3S/c1-13-6-4-11-17(20)19(13)25(23,24)21-12-18(22)16-10-5-8-14-7-2-3-9-15(14)16/h2-11,18,21-22H,12H2,1H3. The van der Waals surface area contributed by atoms with Gasteiger partial charge in [-0.1, -0.05) is 66.2 Å². The third-order valence-electron chi connectivity index (χ3n) is 4.08. The third kappa shape index (κ3) is 3.70. The molecule has 0 fully saturated rings. The fraction of sp³-hybridized carbons (Fsp3) is 0.158. The summed E-state index contributed by atoms with van der Waals surface area (Å²) in [4.78, 5) is 0.0433. The zero-order chi connectivity index (χ0) is 18.0. The second-order valence-corrected chi connectivity index (χ2v) is 7.93. The van der Waals surface area contributed by atoms with Gasteiger partial charge in [0.15, 0.2) is 0 Å². The summed E-state index contributed by atoms with van der Waals surface area (Å²) in [7, 11) is -3.82. The maximum absolute atomic E-state index is 12.6. The number of benzene rings is 3. The first-order valence-corrected chi connectivity index (χ1v) is 9.67. The van der Waals surface area contributed by atoms with Crippen LogP contribution in [0.25, 0.3) is 10.8 Å². The first kappa shape index (κ1) is 17.9. The number of halogens is 1. The van der Waals surface area contributed by atoms with Crippen molar-refractivity contribution in [2.75, 3.05) is 6.54 Å². The Morgan fingerprint density at radius 3 is 2.48 bits per heavy atom. The highest BCUT2D eigenvalue weighted by molar-refractivity contribution is 7.89. The monoisotopic (exact) mass is 375 g/mol. The lowest BCUT2D eigenvalue weighted by Crippen LogP contribution is -2.29. The van der Waals surface area contributed by atoms with Gasteiger partial charge in [-0.25, -0.2) is 13.1 Å². The van der Waals surface area contributed by atoms with E-state index in [-0.39, 0.29) is 16.5 Å². The normalized spacial score (nSPS) is 13.1. The molecule has 1 unspecified atom stereocenters. The molecule has 25 heavy (non-hydrogen) atoms. The number of aliphatic hydroxyl groups excluding tert-OH is 1. The minimum Gasteiger partial charge on any atom is -0.387 e. The molecular formula is C19H18ClNO3S. The number of hydrogen-bond donors (Lipinski definition) is 2. The molecular weight excluding hydrogens is 358 g/mol. The number of fused-ring (bicyclic) bond motifs is 1. The van der Waals surface area contributed by atoms with E-state index in [1.54, 1.807) is 25.1 Å². The van der Waals surface area contributed by atoms with Crippen molar-refractivity contribution in [2.45, 2.75) is 17.9 Å². The first-order chi connectivity index (χ1) is 11.9. The molecule has 0 aliphatic rings. The predicted molar refractivity (Wildman–Crippen MR) is 100 cm³/mol. The summed E-state index contributed by atoms with van der Waals surface area (Å²) in [5, 5.41) is 12.6. The van der Waals surface area contributed by atoms with E-state index >= 15 is 0 Å². The summed E-state index contributed by atoms with van der Waals surface area (Å²) in [6.45, 7) is 1.54. The van der Waals surface area contributed by atoms with Crippen LogP contribution in [0.4, 0.5) is 0 Å². The summed E-state index contributed by atoms with van der Waals surface area (Å²) in [5.41, 5.74) is 1.23. The van der Waals surface area contributed by atoms with E-state index in [0.717, 1.165) is 10.8 Å². The molecule has 0 heterocycles. The molecule has 0 amide bonds. The Labute approximate surface area is 152 Å². The highest BCUT2D eigenvalue weighted by Gasteiger charge is 2.22. The molecule has 0 spiro atoms. The van der Waals surface area contributed by atoms with E-state index in [0.29, 0.717) is 11.1 Å². The van der Waals surface area contributed by atoms with Crippen LogP contribution in [0.5, 0.6) is 0 Å². The van der Waals surface area contributed by atoms with Crippen LogP contribution < -0.4 is 4.72 Å². The van der Waals surface area contributed by atoms with Gasteiger partial charge < -0.3 is 5.11 Å². The molecule has 3 aromatic carbocycles. The van der Waals surface area contributed by atoms with Crippen molar-refractivity contribution >= 4 is 32.4 Å². The van der Waals surface area contributed by atoms with E-state index in [2.05, 4.69) is 4.72 Å². The Bertz CT molecular complexity index is 993. The molecule has 0 aliphatic heterocycles. The van der Waals surface area contributed by atoms with Crippen molar-refractivity contribution < 1.29 is 13.5 Å². The van der Waals surface area contributed by atoms with Gasteiger partial charge in [0, 0.05) is 6.54 Å². The summed E-state index contributed by atoms with van der Waals surface area (Å²) < 4.78 is 27.6. The van der Waals surface area contributed by atoms with Gasteiger partial charge in [-0.2, -0.15) is 0 Å². The van der Waals surface area contributed by atoms with Crippen LogP contribution in [-0.4, -0.2) is 20.1 Å². The fourth-order valence-corrected chi connectivity index (χ4v) is 4.73. The van der Waals surface area contributed by atoms with Gasteiger partial charge in [0.1, 0.15) is 4.90 Å². The summed E-state index contributed by atoms with van der Waals surface area (Å²) in [5.74, 6) is 0. The number of aryl methyl sites for hydroxylation is 1. The lowest BCUT2D eigenvalue weighted by atomic mass is 10.0. The number of nitrogens with one attached hydrogen (secondary N) is 1. The van der Waals surface area contributed by atoms with Crippen LogP contribution in [0.3, 0.4) is 0 Å². The number of rotatable bonds is 5. The zero-order valence-corrected chi connectivity index (χ0v) is 15.2. The van der Waals surface area contributed by atoms with Crippen molar-refractivity contribution in [2.24, 2.45) is 0 Å². The Kier molecular flexibility index (Phi) is 5.11. The SMILES string of the molecule is Cc1cccc(Cl)c1S(=O)(=O)NCC(O)c1cccc2ccccc12. The summed E-state index contributed by atoms with van der Waals surface area (Å²) >= 11 is 6.04. The van der Waals surface area contributed by atoms with Gasteiger partial charge in [0.05, 0.1) is 11.1 Å². The summed E-state index contributed by atoms with van der Waals surface area (Å²) in [6.07, 6.45) is -0.969. The molecule has 6 heteroatoms. The Hall–Kier alpha value is -1.92. The third-order valence-corrected chi connectivity index (χ3v) is 6.13. The second-order valence-electron chi connectivity index (χ2n) is 5.82. The maximum atomic E-state index is 12.6. The highest BCUT2D eigenvalue weighted by Crippen LogP contribution is 2.26. The maximum Gasteiger partial charge on any atom is 0.242 e. The largest absolute Gasteiger partial charge is 0.387 e. The minimum atomic E-state index is -3.82. The molecule has 130 valence electrons. The average Bonchev–Trinajstić information content (AvgIpc) is 2.59. The second kappa shape index (κ2) is 7.14. The van der Waals surface area contributed by atoms with Gasteiger partial charge in [-0.15, -0.1) is 0 Å². The molecule has 2 N–H and O–H groups in total. The van der Waals surface area contributed by atoms with Crippen LogP contribution in [0.15, 0.2) is 65.6 Å². The Morgan fingerprint density at radius 1 is 1.04 bits per heavy atom. The molecule has 0 saturated carbocycles. The van der Waals surface area contributed by atoms with Crippen LogP contribution in [0, 0.1) is 6.92 Å². The van der Waals surface area contributed by atoms with Gasteiger partial charge in [0.25, 0.3) is 0 Å². The van der Waals surface area contributed by atoms with Crippen molar-refractivity contribution in [3.05, 3.63) is 76.8 Å². The van der Waals surface area contributed by atoms with E-state index in [4.69, 9.17) is 11.6 Å². The minimum absolute atomic E-state index is 0.0433. The van der Waals surface area contributed by atoms with E-state index in [1.165, 1.54) is 6.07 Å². The molecule has 1 atom stereocenters. The van der Waals surface area contributed by atoms with E-state index < -0.39 is 16.1 Å². The number of aliphatic hydroxyl groups is 1. The van der Waals surface area contributed by atoms with Gasteiger partial charge in [-0.3, -0.25) is 0 Å². The smallest absolute Gasteiger partial charge is 0.242 e. The van der Waals surface area contributed by atoms with Crippen molar-refractivity contribution in [3.63, 3.8) is 0 Å². The molecule has 3 aromatic rings. The number of sulfonamides is 1. The van der Waals surface area contributed by atoms with Gasteiger partial charge in [-0.05, 0) is 34.9 Å². The topological polar surface area (TPSA) is 66.4 Å². The average molecular weight is 376 g/mol. The first-order valence-electron chi connectivity index (χ1n) is 7.80.